The van der Waals surface area contributed by atoms with Gasteiger partial charge in [0.05, 0.1) is 27.3 Å². The lowest BCUT2D eigenvalue weighted by Gasteiger charge is -2.21. The largest absolute Gasteiger partial charge is 0.490 e. The molecule has 0 saturated carbocycles. The van der Waals surface area contributed by atoms with Gasteiger partial charge in [-0.25, -0.2) is 4.98 Å². The van der Waals surface area contributed by atoms with E-state index in [9.17, 15) is 4.79 Å². The van der Waals surface area contributed by atoms with Crippen LogP contribution in [-0.4, -0.2) is 22.5 Å². The molecule has 3 aromatic carbocycles. The first-order chi connectivity index (χ1) is 17.6. The number of fused-ring (bicyclic) bond motifs is 1. The van der Waals surface area contributed by atoms with Gasteiger partial charge in [0.15, 0.2) is 11.5 Å². The molecule has 4 aromatic rings. The Bertz CT molecular complexity index is 1530. The van der Waals surface area contributed by atoms with Crippen molar-refractivity contribution in [2.24, 2.45) is 5.10 Å². The van der Waals surface area contributed by atoms with Crippen LogP contribution < -0.4 is 15.0 Å². The second-order valence-electron chi connectivity index (χ2n) is 9.39. The van der Waals surface area contributed by atoms with E-state index in [0.29, 0.717) is 41.4 Å². The standard InChI is InChI=1S/C28H26Br2IN3O3/c1-5-36-24-13-18(12-22(31)25(24)37-16-17-6-8-19(29)9-7-17)15-32-34-26(35)21-14-20(30)10-11-23(21)33-27(34)28(2,3)4/h6-15H,5,16H2,1-4H3. The van der Waals surface area contributed by atoms with E-state index in [1.165, 1.54) is 4.68 Å². The molecule has 0 saturated heterocycles. The number of hydrogen-bond acceptors (Lipinski definition) is 5. The molecule has 0 bridgehead atoms. The van der Waals surface area contributed by atoms with E-state index in [4.69, 9.17) is 14.5 Å². The van der Waals surface area contributed by atoms with E-state index in [0.717, 1.165) is 23.6 Å². The summed E-state index contributed by atoms with van der Waals surface area (Å²) in [7, 11) is 0. The third-order valence-electron chi connectivity index (χ3n) is 5.43. The minimum Gasteiger partial charge on any atom is -0.490 e. The molecule has 0 aliphatic rings. The first-order valence-corrected chi connectivity index (χ1v) is 14.3. The average molecular weight is 739 g/mol. The van der Waals surface area contributed by atoms with E-state index < -0.39 is 5.41 Å². The second kappa shape index (κ2) is 11.7. The highest BCUT2D eigenvalue weighted by Gasteiger charge is 2.23. The Morgan fingerprint density at radius 1 is 1.03 bits per heavy atom. The fourth-order valence-corrected chi connectivity index (χ4v) is 5.07. The molecule has 0 aliphatic carbocycles. The van der Waals surface area contributed by atoms with Crippen molar-refractivity contribution < 1.29 is 9.47 Å². The lowest BCUT2D eigenvalue weighted by Crippen LogP contribution is -2.29. The van der Waals surface area contributed by atoms with Gasteiger partial charge in [0, 0.05) is 14.4 Å². The summed E-state index contributed by atoms with van der Waals surface area (Å²) in [6.07, 6.45) is 1.66. The summed E-state index contributed by atoms with van der Waals surface area (Å²) in [5.41, 5.74) is 1.86. The highest BCUT2D eigenvalue weighted by atomic mass is 127. The maximum Gasteiger partial charge on any atom is 0.282 e. The Labute approximate surface area is 246 Å². The SMILES string of the molecule is CCOc1cc(C=Nn2c(C(C)(C)C)nc3ccc(Br)cc3c2=O)cc(I)c1OCc1ccc(Br)cc1. The molecule has 0 N–H and O–H groups in total. The van der Waals surface area contributed by atoms with Crippen molar-refractivity contribution in [2.75, 3.05) is 6.61 Å². The van der Waals surface area contributed by atoms with Crippen LogP contribution in [0.4, 0.5) is 0 Å². The van der Waals surface area contributed by atoms with Gasteiger partial charge in [0.2, 0.25) is 0 Å². The maximum absolute atomic E-state index is 13.4. The lowest BCUT2D eigenvalue weighted by molar-refractivity contribution is 0.267. The third-order valence-corrected chi connectivity index (χ3v) is 7.25. The Morgan fingerprint density at radius 2 is 1.73 bits per heavy atom. The van der Waals surface area contributed by atoms with Crippen molar-refractivity contribution in [3.63, 3.8) is 0 Å². The summed E-state index contributed by atoms with van der Waals surface area (Å²) in [5, 5.41) is 5.09. The van der Waals surface area contributed by atoms with Gasteiger partial charge < -0.3 is 9.47 Å². The number of rotatable bonds is 7. The minimum atomic E-state index is -0.395. The Kier molecular flexibility index (Phi) is 8.75. The normalized spacial score (nSPS) is 11.9. The summed E-state index contributed by atoms with van der Waals surface area (Å²) in [5.74, 6) is 1.88. The van der Waals surface area contributed by atoms with E-state index >= 15 is 0 Å². The van der Waals surface area contributed by atoms with Gasteiger partial charge in [-0.3, -0.25) is 4.79 Å². The summed E-state index contributed by atoms with van der Waals surface area (Å²) in [6.45, 7) is 8.87. The van der Waals surface area contributed by atoms with Gasteiger partial charge in [-0.2, -0.15) is 9.78 Å². The molecule has 0 unspecified atom stereocenters. The Balaban J connectivity index is 1.72. The van der Waals surface area contributed by atoms with E-state index in [-0.39, 0.29) is 5.56 Å². The monoisotopic (exact) mass is 737 g/mol. The molecule has 0 aliphatic heterocycles. The van der Waals surface area contributed by atoms with Crippen LogP contribution in [0.2, 0.25) is 0 Å². The van der Waals surface area contributed by atoms with Crippen molar-refractivity contribution in [3.05, 3.63) is 94.4 Å². The molecule has 0 amide bonds. The average Bonchev–Trinajstić information content (AvgIpc) is 2.84. The summed E-state index contributed by atoms with van der Waals surface area (Å²) >= 11 is 9.14. The molecule has 0 spiro atoms. The molecule has 6 nitrogen and oxygen atoms in total. The zero-order valence-electron chi connectivity index (χ0n) is 20.9. The highest BCUT2D eigenvalue weighted by Crippen LogP contribution is 2.35. The van der Waals surface area contributed by atoms with Gasteiger partial charge in [0.25, 0.3) is 5.56 Å². The van der Waals surface area contributed by atoms with Crippen molar-refractivity contribution in [1.29, 1.82) is 0 Å². The number of ether oxygens (including phenoxy) is 2. The summed E-state index contributed by atoms with van der Waals surface area (Å²) in [6, 6.07) is 17.3. The molecule has 1 aromatic heterocycles. The molecular formula is C28H26Br2IN3O3. The number of nitrogens with zero attached hydrogens (tertiary/aromatic N) is 3. The summed E-state index contributed by atoms with van der Waals surface area (Å²) in [4.78, 5) is 18.2. The van der Waals surface area contributed by atoms with Crippen LogP contribution in [0.1, 0.15) is 44.6 Å². The fraction of sp³-hybridized carbons (Fsp3) is 0.250. The van der Waals surface area contributed by atoms with Gasteiger partial charge in [-0.05, 0) is 83.1 Å². The van der Waals surface area contributed by atoms with Crippen molar-refractivity contribution in [1.82, 2.24) is 9.66 Å². The summed E-state index contributed by atoms with van der Waals surface area (Å²) < 4.78 is 16.2. The van der Waals surface area contributed by atoms with Crippen LogP contribution in [0.15, 0.2) is 73.4 Å². The number of hydrogen-bond donors (Lipinski definition) is 0. The molecule has 0 fully saturated rings. The van der Waals surface area contributed by atoms with Gasteiger partial charge in [0.1, 0.15) is 12.4 Å². The van der Waals surface area contributed by atoms with Crippen LogP contribution in [0.5, 0.6) is 11.5 Å². The molecule has 192 valence electrons. The van der Waals surface area contributed by atoms with Crippen LogP contribution in [0, 0.1) is 3.57 Å². The molecule has 9 heteroatoms. The predicted octanol–water partition coefficient (Wildman–Crippen LogP) is 7.68. The van der Waals surface area contributed by atoms with E-state index in [2.05, 4.69) is 59.6 Å². The van der Waals surface area contributed by atoms with Crippen LogP contribution in [0.25, 0.3) is 10.9 Å². The van der Waals surface area contributed by atoms with Gasteiger partial charge in [-0.1, -0.05) is 64.8 Å². The Hall–Kier alpha value is -2.24. The van der Waals surface area contributed by atoms with Crippen LogP contribution >= 0.6 is 54.5 Å². The topological polar surface area (TPSA) is 65.7 Å². The molecular weight excluding hydrogens is 713 g/mol. The molecule has 1 heterocycles. The maximum atomic E-state index is 13.4. The fourth-order valence-electron chi connectivity index (χ4n) is 3.67. The molecule has 0 atom stereocenters. The first kappa shape index (κ1) is 27.8. The smallest absolute Gasteiger partial charge is 0.282 e. The zero-order valence-corrected chi connectivity index (χ0v) is 26.2. The predicted molar refractivity (Wildman–Crippen MR) is 164 cm³/mol. The van der Waals surface area contributed by atoms with Crippen molar-refractivity contribution in [2.45, 2.75) is 39.7 Å². The quantitative estimate of drug-likeness (QED) is 0.144. The van der Waals surface area contributed by atoms with Crippen molar-refractivity contribution >= 4 is 71.6 Å². The first-order valence-electron chi connectivity index (χ1n) is 11.7. The second-order valence-corrected chi connectivity index (χ2v) is 12.4. The van der Waals surface area contributed by atoms with E-state index in [1.54, 1.807) is 12.3 Å². The Morgan fingerprint density at radius 3 is 2.41 bits per heavy atom. The van der Waals surface area contributed by atoms with Crippen molar-refractivity contribution in [3.8, 4) is 11.5 Å². The number of aromatic nitrogens is 2. The van der Waals surface area contributed by atoms with Crippen LogP contribution in [0.3, 0.4) is 0 Å². The lowest BCUT2D eigenvalue weighted by atomic mass is 9.95. The highest BCUT2D eigenvalue weighted by molar-refractivity contribution is 14.1. The van der Waals surface area contributed by atoms with E-state index in [1.807, 2.05) is 76.2 Å². The van der Waals surface area contributed by atoms with Gasteiger partial charge in [-0.15, -0.1) is 0 Å². The number of halogens is 3. The van der Waals surface area contributed by atoms with Crippen LogP contribution in [-0.2, 0) is 12.0 Å². The number of benzene rings is 3. The zero-order chi connectivity index (χ0) is 26.7. The molecule has 0 radical (unpaired) electrons. The third kappa shape index (κ3) is 6.61. The van der Waals surface area contributed by atoms with Gasteiger partial charge >= 0.3 is 0 Å². The molecule has 37 heavy (non-hydrogen) atoms. The molecule has 4 rings (SSSR count). The minimum absolute atomic E-state index is 0.221.